The first-order chi connectivity index (χ1) is 14.5. The summed E-state index contributed by atoms with van der Waals surface area (Å²) in [5.41, 5.74) is 2.78. The van der Waals surface area contributed by atoms with Crippen LogP contribution >= 0.6 is 0 Å². The van der Waals surface area contributed by atoms with Crippen LogP contribution in [0.2, 0.25) is 0 Å². The van der Waals surface area contributed by atoms with Crippen molar-refractivity contribution in [3.05, 3.63) is 36.3 Å². The average molecular weight is 446 g/mol. The van der Waals surface area contributed by atoms with Crippen molar-refractivity contribution in [2.75, 3.05) is 30.1 Å². The number of aryl methyl sites for hydroxylation is 1. The Hall–Kier alpha value is -2.48. The number of carbonyl (C=O) groups excluding carboxylic acids is 1. The number of aromatic nitrogens is 2. The van der Waals surface area contributed by atoms with Gasteiger partial charge in [0, 0.05) is 42.7 Å². The number of ether oxygens (including phenoxy) is 1. The van der Waals surface area contributed by atoms with Crippen LogP contribution in [0.5, 0.6) is 5.75 Å². The normalized spacial score (nSPS) is 14.3. The van der Waals surface area contributed by atoms with Crippen LogP contribution in [0.15, 0.2) is 30.7 Å². The summed E-state index contributed by atoms with van der Waals surface area (Å²) in [4.78, 5) is 23.5. The van der Waals surface area contributed by atoms with Crippen molar-refractivity contribution in [1.29, 1.82) is 0 Å². The predicted octanol–water partition coefficient (Wildman–Crippen LogP) is 3.67. The number of amides is 1. The lowest BCUT2D eigenvalue weighted by Gasteiger charge is -2.31. The van der Waals surface area contributed by atoms with Gasteiger partial charge in [-0.2, -0.15) is 0 Å². The SMILES string of the molecule is CC(C)(C)CC(=O)N1CCCc2cc(-c3cncc(OCCCS(C)(=O)=O)c3)cnc21. The first-order valence-corrected chi connectivity index (χ1v) is 12.6. The zero-order chi connectivity index (χ0) is 22.6. The number of rotatable bonds is 7. The standard InChI is InChI=1S/C23H31N3O4S/c1-23(2,3)13-21(27)26-8-5-7-17-11-18(15-25-22(17)26)19-12-20(16-24-14-19)30-9-6-10-31(4,28)29/h11-12,14-16H,5-10,13H2,1-4H3. The van der Waals surface area contributed by atoms with Gasteiger partial charge in [-0.1, -0.05) is 20.8 Å². The molecular weight excluding hydrogens is 414 g/mol. The highest BCUT2D eigenvalue weighted by Crippen LogP contribution is 2.32. The number of carbonyl (C=O) groups is 1. The highest BCUT2D eigenvalue weighted by Gasteiger charge is 2.27. The van der Waals surface area contributed by atoms with Crippen molar-refractivity contribution >= 4 is 21.6 Å². The van der Waals surface area contributed by atoms with Crippen molar-refractivity contribution < 1.29 is 17.9 Å². The molecule has 0 spiro atoms. The summed E-state index contributed by atoms with van der Waals surface area (Å²) in [7, 11) is -2.99. The van der Waals surface area contributed by atoms with E-state index in [0.717, 1.165) is 35.3 Å². The van der Waals surface area contributed by atoms with E-state index in [1.165, 1.54) is 6.26 Å². The number of fused-ring (bicyclic) bond motifs is 1. The third kappa shape index (κ3) is 6.75. The van der Waals surface area contributed by atoms with Gasteiger partial charge >= 0.3 is 0 Å². The van der Waals surface area contributed by atoms with E-state index in [-0.39, 0.29) is 17.1 Å². The quantitative estimate of drug-likeness (QED) is 0.604. The minimum atomic E-state index is -2.99. The molecule has 1 aliphatic heterocycles. The van der Waals surface area contributed by atoms with E-state index in [1.807, 2.05) is 11.0 Å². The summed E-state index contributed by atoms with van der Waals surface area (Å²) >= 11 is 0. The molecule has 7 nitrogen and oxygen atoms in total. The zero-order valence-electron chi connectivity index (χ0n) is 18.7. The van der Waals surface area contributed by atoms with Crippen molar-refractivity contribution in [3.63, 3.8) is 0 Å². The molecule has 3 heterocycles. The van der Waals surface area contributed by atoms with Crippen molar-refractivity contribution in [1.82, 2.24) is 9.97 Å². The predicted molar refractivity (Wildman–Crippen MR) is 122 cm³/mol. The van der Waals surface area contributed by atoms with E-state index in [2.05, 4.69) is 36.8 Å². The summed E-state index contributed by atoms with van der Waals surface area (Å²) in [6, 6.07) is 3.95. The Kier molecular flexibility index (Phi) is 6.99. The molecule has 8 heteroatoms. The summed E-state index contributed by atoms with van der Waals surface area (Å²) in [5.74, 6) is 1.55. The molecule has 0 atom stereocenters. The molecule has 0 saturated heterocycles. The Morgan fingerprint density at radius 3 is 2.61 bits per heavy atom. The second kappa shape index (κ2) is 9.34. The third-order valence-electron chi connectivity index (χ3n) is 4.98. The van der Waals surface area contributed by atoms with E-state index in [1.54, 1.807) is 18.6 Å². The van der Waals surface area contributed by atoms with Gasteiger partial charge in [-0.15, -0.1) is 0 Å². The molecule has 0 aliphatic carbocycles. The fourth-order valence-corrected chi connectivity index (χ4v) is 4.22. The maximum atomic E-state index is 12.8. The fraction of sp³-hybridized carbons (Fsp3) is 0.522. The van der Waals surface area contributed by atoms with E-state index in [0.29, 0.717) is 31.7 Å². The molecule has 0 aromatic carbocycles. The molecule has 31 heavy (non-hydrogen) atoms. The molecule has 1 aliphatic rings. The van der Waals surface area contributed by atoms with E-state index in [9.17, 15) is 13.2 Å². The van der Waals surface area contributed by atoms with Gasteiger partial charge in [-0.25, -0.2) is 13.4 Å². The van der Waals surface area contributed by atoms with Crippen molar-refractivity contribution in [2.45, 2.75) is 46.5 Å². The highest BCUT2D eigenvalue weighted by atomic mass is 32.2. The molecule has 1 amide bonds. The minimum Gasteiger partial charge on any atom is -0.492 e. The summed E-state index contributed by atoms with van der Waals surface area (Å²) in [6.45, 7) is 7.21. The maximum absolute atomic E-state index is 12.8. The molecule has 0 radical (unpaired) electrons. The Bertz CT molecular complexity index is 1050. The van der Waals surface area contributed by atoms with Crippen LogP contribution in [0.25, 0.3) is 11.1 Å². The van der Waals surface area contributed by atoms with Crippen LogP contribution in [0, 0.1) is 5.41 Å². The second-order valence-electron chi connectivity index (χ2n) is 9.33. The lowest BCUT2D eigenvalue weighted by Crippen LogP contribution is -2.38. The number of sulfone groups is 1. The van der Waals surface area contributed by atoms with Gasteiger partial charge in [-0.3, -0.25) is 14.7 Å². The summed E-state index contributed by atoms with van der Waals surface area (Å²) in [5, 5.41) is 0. The van der Waals surface area contributed by atoms with Gasteiger partial charge in [0.2, 0.25) is 5.91 Å². The number of hydrogen-bond acceptors (Lipinski definition) is 6. The van der Waals surface area contributed by atoms with Crippen LogP contribution in [0.3, 0.4) is 0 Å². The number of anilines is 1. The second-order valence-corrected chi connectivity index (χ2v) is 11.6. The Morgan fingerprint density at radius 1 is 1.16 bits per heavy atom. The Morgan fingerprint density at radius 2 is 1.90 bits per heavy atom. The fourth-order valence-electron chi connectivity index (χ4n) is 3.58. The number of hydrogen-bond donors (Lipinski definition) is 0. The van der Waals surface area contributed by atoms with Crippen molar-refractivity contribution in [2.24, 2.45) is 5.41 Å². The number of pyridine rings is 2. The van der Waals surface area contributed by atoms with Crippen LogP contribution < -0.4 is 9.64 Å². The van der Waals surface area contributed by atoms with Gasteiger partial charge in [0.25, 0.3) is 0 Å². The van der Waals surface area contributed by atoms with E-state index in [4.69, 9.17) is 4.74 Å². The molecule has 2 aromatic rings. The van der Waals surface area contributed by atoms with Crippen LogP contribution in [-0.4, -0.2) is 49.5 Å². The van der Waals surface area contributed by atoms with E-state index < -0.39 is 9.84 Å². The Balaban J connectivity index is 1.74. The third-order valence-corrected chi connectivity index (χ3v) is 6.01. The van der Waals surface area contributed by atoms with Crippen LogP contribution in [-0.2, 0) is 21.1 Å². The van der Waals surface area contributed by atoms with E-state index >= 15 is 0 Å². The summed E-state index contributed by atoms with van der Waals surface area (Å²) in [6.07, 6.45) is 9.06. The smallest absolute Gasteiger partial charge is 0.228 e. The van der Waals surface area contributed by atoms with Gasteiger partial charge in [0.1, 0.15) is 21.4 Å². The topological polar surface area (TPSA) is 89.5 Å². The molecule has 2 aromatic heterocycles. The first-order valence-electron chi connectivity index (χ1n) is 10.6. The highest BCUT2D eigenvalue weighted by molar-refractivity contribution is 7.90. The molecular formula is C23H31N3O4S. The van der Waals surface area contributed by atoms with Crippen LogP contribution in [0.4, 0.5) is 5.82 Å². The molecule has 168 valence electrons. The lowest BCUT2D eigenvalue weighted by atomic mass is 9.91. The van der Waals surface area contributed by atoms with Gasteiger partial charge in [-0.05, 0) is 42.4 Å². The molecule has 0 bridgehead atoms. The van der Waals surface area contributed by atoms with Gasteiger partial charge in [0.15, 0.2) is 0 Å². The average Bonchev–Trinajstić information content (AvgIpc) is 2.68. The molecule has 0 N–H and O–H groups in total. The number of nitrogens with zero attached hydrogens (tertiary/aromatic N) is 3. The maximum Gasteiger partial charge on any atom is 0.228 e. The Labute approximate surface area is 184 Å². The minimum absolute atomic E-state index is 0.0674. The molecule has 0 saturated carbocycles. The zero-order valence-corrected chi connectivity index (χ0v) is 19.5. The first kappa shape index (κ1) is 23.2. The van der Waals surface area contributed by atoms with Gasteiger partial charge < -0.3 is 4.74 Å². The molecule has 0 unspecified atom stereocenters. The van der Waals surface area contributed by atoms with Crippen molar-refractivity contribution in [3.8, 4) is 16.9 Å². The molecule has 0 fully saturated rings. The largest absolute Gasteiger partial charge is 0.492 e. The van der Waals surface area contributed by atoms with Gasteiger partial charge in [0.05, 0.1) is 18.6 Å². The lowest BCUT2D eigenvalue weighted by molar-refractivity contribution is -0.120. The van der Waals surface area contributed by atoms with Crippen LogP contribution in [0.1, 0.15) is 45.6 Å². The summed E-state index contributed by atoms with van der Waals surface area (Å²) < 4.78 is 28.1. The molecule has 3 rings (SSSR count). The monoisotopic (exact) mass is 445 g/mol.